The molecular formula is C17H28ClN3. The first kappa shape index (κ1) is 16.6. The number of rotatable bonds is 6. The van der Waals surface area contributed by atoms with E-state index in [1.54, 1.807) is 0 Å². The predicted octanol–water partition coefficient (Wildman–Crippen LogP) is 4.25. The highest BCUT2D eigenvalue weighted by molar-refractivity contribution is 6.31. The SMILES string of the molecule is CCC1CCCCN1c1cc(CNCC(C)C)c(Cl)cn1. The summed E-state index contributed by atoms with van der Waals surface area (Å²) in [5, 5.41) is 4.23. The van der Waals surface area contributed by atoms with E-state index in [1.165, 1.54) is 25.7 Å². The molecule has 0 radical (unpaired) electrons. The van der Waals surface area contributed by atoms with E-state index in [-0.39, 0.29) is 0 Å². The Balaban J connectivity index is 2.09. The third-order valence-corrected chi connectivity index (χ3v) is 4.52. The summed E-state index contributed by atoms with van der Waals surface area (Å²) >= 11 is 6.30. The van der Waals surface area contributed by atoms with Crippen molar-refractivity contribution in [3.8, 4) is 0 Å². The maximum absolute atomic E-state index is 6.30. The second-order valence-electron chi connectivity index (χ2n) is 6.41. The Labute approximate surface area is 134 Å². The van der Waals surface area contributed by atoms with Crippen molar-refractivity contribution in [2.45, 2.75) is 59.0 Å². The van der Waals surface area contributed by atoms with Crippen molar-refractivity contribution in [2.75, 3.05) is 18.0 Å². The summed E-state index contributed by atoms with van der Waals surface area (Å²) in [6.45, 7) is 9.64. The quantitative estimate of drug-likeness (QED) is 0.851. The molecule has 0 aliphatic carbocycles. The van der Waals surface area contributed by atoms with Gasteiger partial charge in [0.2, 0.25) is 0 Å². The minimum Gasteiger partial charge on any atom is -0.354 e. The van der Waals surface area contributed by atoms with Crippen LogP contribution in [0.15, 0.2) is 12.3 Å². The molecule has 2 rings (SSSR count). The van der Waals surface area contributed by atoms with Crippen LogP contribution < -0.4 is 10.2 Å². The van der Waals surface area contributed by atoms with Crippen LogP contribution >= 0.6 is 11.6 Å². The zero-order valence-corrected chi connectivity index (χ0v) is 14.3. The normalized spacial score (nSPS) is 19.3. The van der Waals surface area contributed by atoms with Crippen LogP contribution in [-0.4, -0.2) is 24.1 Å². The van der Waals surface area contributed by atoms with Gasteiger partial charge in [-0.2, -0.15) is 0 Å². The minimum atomic E-state index is 0.629. The third-order valence-electron chi connectivity index (χ3n) is 4.18. The standard InChI is InChI=1S/C17H28ClN3/c1-4-15-7-5-6-8-21(15)17-9-14(16(18)12-20-17)11-19-10-13(2)3/h9,12-13,15,19H,4-8,10-11H2,1-3H3. The van der Waals surface area contributed by atoms with Gasteiger partial charge in [0, 0.05) is 25.3 Å². The number of hydrogen-bond donors (Lipinski definition) is 1. The second-order valence-corrected chi connectivity index (χ2v) is 6.82. The van der Waals surface area contributed by atoms with E-state index in [2.05, 4.69) is 42.0 Å². The lowest BCUT2D eigenvalue weighted by Gasteiger charge is -2.36. The van der Waals surface area contributed by atoms with Gasteiger partial charge in [0.1, 0.15) is 5.82 Å². The van der Waals surface area contributed by atoms with E-state index in [4.69, 9.17) is 11.6 Å². The number of nitrogens with zero attached hydrogens (tertiary/aromatic N) is 2. The summed E-state index contributed by atoms with van der Waals surface area (Å²) in [6, 6.07) is 2.80. The maximum Gasteiger partial charge on any atom is 0.129 e. The Kier molecular flexibility index (Phi) is 6.31. The molecule has 1 aromatic rings. The van der Waals surface area contributed by atoms with E-state index in [1.807, 2.05) is 6.20 Å². The van der Waals surface area contributed by atoms with E-state index in [0.717, 1.165) is 36.0 Å². The van der Waals surface area contributed by atoms with Crippen molar-refractivity contribution in [3.05, 3.63) is 22.8 Å². The summed E-state index contributed by atoms with van der Waals surface area (Å²) in [4.78, 5) is 7.03. The third kappa shape index (κ3) is 4.58. The van der Waals surface area contributed by atoms with Crippen LogP contribution in [0.3, 0.4) is 0 Å². The summed E-state index contributed by atoms with van der Waals surface area (Å²) in [7, 11) is 0. The van der Waals surface area contributed by atoms with E-state index >= 15 is 0 Å². The number of hydrogen-bond acceptors (Lipinski definition) is 3. The summed E-state index contributed by atoms with van der Waals surface area (Å²) in [5.41, 5.74) is 1.16. The average Bonchev–Trinajstić information content (AvgIpc) is 2.49. The van der Waals surface area contributed by atoms with Gasteiger partial charge in [-0.05, 0) is 49.8 Å². The highest BCUT2D eigenvalue weighted by Crippen LogP contribution is 2.27. The Bertz CT molecular complexity index is 448. The minimum absolute atomic E-state index is 0.629. The molecule has 0 saturated carbocycles. The van der Waals surface area contributed by atoms with E-state index in [9.17, 15) is 0 Å². The van der Waals surface area contributed by atoms with Gasteiger partial charge in [-0.25, -0.2) is 4.98 Å². The van der Waals surface area contributed by atoms with E-state index < -0.39 is 0 Å². The maximum atomic E-state index is 6.30. The first-order valence-electron chi connectivity index (χ1n) is 8.23. The fourth-order valence-corrected chi connectivity index (χ4v) is 3.15. The summed E-state index contributed by atoms with van der Waals surface area (Å²) in [6.07, 6.45) is 6.88. The molecule has 1 saturated heterocycles. The van der Waals surface area contributed by atoms with Crippen LogP contribution in [0.5, 0.6) is 0 Å². The molecule has 21 heavy (non-hydrogen) atoms. The number of anilines is 1. The number of pyridine rings is 1. The molecule has 118 valence electrons. The zero-order chi connectivity index (χ0) is 15.2. The van der Waals surface area contributed by atoms with Crippen molar-refractivity contribution in [2.24, 2.45) is 5.92 Å². The van der Waals surface area contributed by atoms with Crippen LogP contribution in [0.4, 0.5) is 5.82 Å². The zero-order valence-electron chi connectivity index (χ0n) is 13.5. The highest BCUT2D eigenvalue weighted by atomic mass is 35.5. The monoisotopic (exact) mass is 309 g/mol. The number of piperidine rings is 1. The number of halogens is 1. The molecule has 1 aromatic heterocycles. The topological polar surface area (TPSA) is 28.2 Å². The van der Waals surface area contributed by atoms with Crippen molar-refractivity contribution in [1.29, 1.82) is 0 Å². The Hall–Kier alpha value is -0.800. The van der Waals surface area contributed by atoms with Gasteiger partial charge in [-0.15, -0.1) is 0 Å². The number of nitrogens with one attached hydrogen (secondary N) is 1. The van der Waals surface area contributed by atoms with Crippen LogP contribution in [0, 0.1) is 5.92 Å². The lowest BCUT2D eigenvalue weighted by Crippen LogP contribution is -2.39. The lowest BCUT2D eigenvalue weighted by molar-refractivity contribution is 0.446. The van der Waals surface area contributed by atoms with Gasteiger partial charge in [-0.1, -0.05) is 32.4 Å². The molecule has 3 nitrogen and oxygen atoms in total. The molecule has 1 fully saturated rings. The molecule has 0 amide bonds. The molecule has 0 spiro atoms. The fraction of sp³-hybridized carbons (Fsp3) is 0.706. The fourth-order valence-electron chi connectivity index (χ4n) is 2.98. The van der Waals surface area contributed by atoms with Gasteiger partial charge < -0.3 is 10.2 Å². The van der Waals surface area contributed by atoms with Crippen LogP contribution in [0.1, 0.15) is 52.0 Å². The number of aromatic nitrogens is 1. The first-order chi connectivity index (χ1) is 10.1. The highest BCUT2D eigenvalue weighted by Gasteiger charge is 2.22. The van der Waals surface area contributed by atoms with Crippen molar-refractivity contribution < 1.29 is 0 Å². The average molecular weight is 310 g/mol. The molecule has 2 heterocycles. The van der Waals surface area contributed by atoms with Crippen LogP contribution in [0.2, 0.25) is 5.02 Å². The van der Waals surface area contributed by atoms with Gasteiger partial charge in [0.15, 0.2) is 0 Å². The van der Waals surface area contributed by atoms with Crippen molar-refractivity contribution >= 4 is 17.4 Å². The van der Waals surface area contributed by atoms with Crippen LogP contribution in [-0.2, 0) is 6.54 Å². The summed E-state index contributed by atoms with van der Waals surface area (Å²) in [5.74, 6) is 1.74. The molecule has 1 N–H and O–H groups in total. The van der Waals surface area contributed by atoms with Crippen molar-refractivity contribution in [1.82, 2.24) is 10.3 Å². The van der Waals surface area contributed by atoms with E-state index in [0.29, 0.717) is 12.0 Å². The molecule has 0 bridgehead atoms. The Morgan fingerprint density at radius 2 is 2.24 bits per heavy atom. The molecule has 1 unspecified atom stereocenters. The Morgan fingerprint density at radius 1 is 1.43 bits per heavy atom. The van der Waals surface area contributed by atoms with Crippen molar-refractivity contribution in [3.63, 3.8) is 0 Å². The smallest absolute Gasteiger partial charge is 0.129 e. The molecule has 1 atom stereocenters. The predicted molar refractivity (Wildman–Crippen MR) is 91.1 cm³/mol. The van der Waals surface area contributed by atoms with Gasteiger partial charge >= 0.3 is 0 Å². The van der Waals surface area contributed by atoms with Gasteiger partial charge in [-0.3, -0.25) is 0 Å². The van der Waals surface area contributed by atoms with Gasteiger partial charge in [0.25, 0.3) is 0 Å². The summed E-state index contributed by atoms with van der Waals surface area (Å²) < 4.78 is 0. The molecule has 1 aliphatic rings. The molecule has 0 aromatic carbocycles. The largest absolute Gasteiger partial charge is 0.354 e. The Morgan fingerprint density at radius 3 is 2.95 bits per heavy atom. The van der Waals surface area contributed by atoms with Crippen LogP contribution in [0.25, 0.3) is 0 Å². The lowest BCUT2D eigenvalue weighted by atomic mass is 10.00. The first-order valence-corrected chi connectivity index (χ1v) is 8.61. The second kappa shape index (κ2) is 8.00. The molecule has 1 aliphatic heterocycles. The van der Waals surface area contributed by atoms with Gasteiger partial charge in [0.05, 0.1) is 5.02 Å². The molecular weight excluding hydrogens is 282 g/mol. The molecule has 4 heteroatoms.